The van der Waals surface area contributed by atoms with Crippen molar-refractivity contribution in [2.75, 3.05) is 51.8 Å². The number of methoxy groups -OCH3 is 2. The zero-order valence-electron chi connectivity index (χ0n) is 20.0. The first kappa shape index (κ1) is 23.6. The Morgan fingerprint density at radius 3 is 2.38 bits per heavy atom. The number of aryl methyl sites for hydroxylation is 1. The molecule has 2 amide bonds. The van der Waals surface area contributed by atoms with E-state index >= 15 is 0 Å². The smallest absolute Gasteiger partial charge is 0.338 e. The van der Waals surface area contributed by atoms with Crippen molar-refractivity contribution in [3.8, 4) is 5.75 Å². The number of nitrogens with one attached hydrogen (secondary N) is 2. The molecule has 8 heteroatoms. The van der Waals surface area contributed by atoms with E-state index in [9.17, 15) is 9.59 Å². The highest BCUT2D eigenvalue weighted by atomic mass is 16.5. The van der Waals surface area contributed by atoms with E-state index in [0.717, 1.165) is 49.6 Å². The fourth-order valence-electron chi connectivity index (χ4n) is 4.55. The van der Waals surface area contributed by atoms with Gasteiger partial charge in [-0.15, -0.1) is 0 Å². The molecule has 0 saturated carbocycles. The molecule has 0 aromatic heterocycles. The van der Waals surface area contributed by atoms with Gasteiger partial charge >= 0.3 is 12.0 Å². The topological polar surface area (TPSA) is 83.1 Å². The second kappa shape index (κ2) is 10.6. The Balaban J connectivity index is 1.54. The van der Waals surface area contributed by atoms with Crippen LogP contribution in [0, 0.1) is 0 Å². The van der Waals surface area contributed by atoms with Crippen LogP contribution in [0.3, 0.4) is 0 Å². The fourth-order valence-corrected chi connectivity index (χ4v) is 4.55. The molecule has 1 atom stereocenters. The Hall–Kier alpha value is -3.52. The molecule has 2 N–H and O–H groups in total. The Morgan fingerprint density at radius 2 is 1.74 bits per heavy atom. The molecular formula is C26H32N4O4. The van der Waals surface area contributed by atoms with Gasteiger partial charge in [0, 0.05) is 38.4 Å². The van der Waals surface area contributed by atoms with Gasteiger partial charge in [-0.2, -0.15) is 0 Å². The number of urea groups is 1. The standard InChI is InChI=1S/C26H32N4O4/c1-4-18-9-11-19(12-10-18)24-23(25(31)34-3)20(27-26(32)28-24)17-29-13-15-30(16-14-29)21-7-5-6-8-22(21)33-2/h5-12,24H,4,13-17H2,1-3H3,(H2,27,28,32)/t24-/m0/s1. The number of hydrogen-bond donors (Lipinski definition) is 2. The number of carbonyl (C=O) groups excluding carboxylic acids is 2. The number of nitrogens with zero attached hydrogens (tertiary/aromatic N) is 2. The number of benzene rings is 2. The third-order valence-corrected chi connectivity index (χ3v) is 6.46. The van der Waals surface area contributed by atoms with E-state index in [1.54, 1.807) is 7.11 Å². The van der Waals surface area contributed by atoms with Crippen LogP contribution in [-0.2, 0) is 16.0 Å². The minimum atomic E-state index is -0.558. The largest absolute Gasteiger partial charge is 0.495 e. The van der Waals surface area contributed by atoms with Crippen molar-refractivity contribution >= 4 is 17.7 Å². The lowest BCUT2D eigenvalue weighted by Gasteiger charge is -2.38. The van der Waals surface area contributed by atoms with Crippen LogP contribution in [0.1, 0.15) is 24.1 Å². The molecule has 2 heterocycles. The maximum absolute atomic E-state index is 12.8. The lowest BCUT2D eigenvalue weighted by atomic mass is 9.94. The highest BCUT2D eigenvalue weighted by Gasteiger charge is 2.34. The zero-order chi connectivity index (χ0) is 24.1. The number of piperazine rings is 1. The Labute approximate surface area is 200 Å². The average Bonchev–Trinajstić information content (AvgIpc) is 2.88. The lowest BCUT2D eigenvalue weighted by molar-refractivity contribution is -0.136. The molecule has 1 fully saturated rings. The first-order chi connectivity index (χ1) is 16.5. The van der Waals surface area contributed by atoms with Crippen molar-refractivity contribution in [2.24, 2.45) is 0 Å². The maximum Gasteiger partial charge on any atom is 0.338 e. The van der Waals surface area contributed by atoms with Gasteiger partial charge in [-0.05, 0) is 29.7 Å². The van der Waals surface area contributed by atoms with Gasteiger partial charge in [0.05, 0.1) is 31.5 Å². The number of rotatable bonds is 7. The van der Waals surface area contributed by atoms with Crippen molar-refractivity contribution in [3.63, 3.8) is 0 Å². The Bertz CT molecular complexity index is 1060. The molecule has 34 heavy (non-hydrogen) atoms. The molecule has 0 radical (unpaired) electrons. The van der Waals surface area contributed by atoms with Crippen LogP contribution in [0.15, 0.2) is 59.8 Å². The summed E-state index contributed by atoms with van der Waals surface area (Å²) in [5, 5.41) is 5.76. The molecule has 0 spiro atoms. The molecule has 180 valence electrons. The van der Waals surface area contributed by atoms with Crippen molar-refractivity contribution in [3.05, 3.63) is 70.9 Å². The minimum Gasteiger partial charge on any atom is -0.495 e. The number of para-hydroxylation sites is 2. The van der Waals surface area contributed by atoms with Crippen molar-refractivity contribution < 1.29 is 19.1 Å². The van der Waals surface area contributed by atoms with E-state index in [2.05, 4.69) is 33.4 Å². The van der Waals surface area contributed by atoms with Gasteiger partial charge in [-0.1, -0.05) is 43.3 Å². The third-order valence-electron chi connectivity index (χ3n) is 6.46. The number of esters is 1. The molecule has 1 saturated heterocycles. The predicted molar refractivity (Wildman–Crippen MR) is 131 cm³/mol. The van der Waals surface area contributed by atoms with E-state index in [-0.39, 0.29) is 6.03 Å². The number of hydrogen-bond acceptors (Lipinski definition) is 6. The molecule has 0 bridgehead atoms. The Kier molecular flexibility index (Phi) is 7.37. The molecular weight excluding hydrogens is 432 g/mol. The van der Waals surface area contributed by atoms with Gasteiger partial charge in [0.25, 0.3) is 0 Å². The molecule has 2 aliphatic rings. The first-order valence-electron chi connectivity index (χ1n) is 11.6. The number of carbonyl (C=O) groups is 2. The normalized spacial score (nSPS) is 18.9. The van der Waals surface area contributed by atoms with Gasteiger partial charge in [-0.3, -0.25) is 4.90 Å². The van der Waals surface area contributed by atoms with Crippen LogP contribution in [0.4, 0.5) is 10.5 Å². The van der Waals surface area contributed by atoms with Crippen LogP contribution in [0.2, 0.25) is 0 Å². The molecule has 4 rings (SSSR count). The van der Waals surface area contributed by atoms with E-state index in [4.69, 9.17) is 9.47 Å². The number of anilines is 1. The SMILES string of the molecule is CCc1ccc([C@@H]2NC(=O)NC(CN3CCN(c4ccccc4OC)CC3)=C2C(=O)OC)cc1. The summed E-state index contributed by atoms with van der Waals surface area (Å²) in [5.74, 6) is 0.411. The molecule has 0 aliphatic carbocycles. The van der Waals surface area contributed by atoms with Gasteiger partial charge in [0.2, 0.25) is 0 Å². The third kappa shape index (κ3) is 5.02. The Morgan fingerprint density at radius 1 is 1.03 bits per heavy atom. The van der Waals surface area contributed by atoms with E-state index in [1.807, 2.05) is 42.5 Å². The van der Waals surface area contributed by atoms with E-state index < -0.39 is 12.0 Å². The summed E-state index contributed by atoms with van der Waals surface area (Å²) in [6.45, 7) is 5.75. The highest BCUT2D eigenvalue weighted by molar-refractivity contribution is 5.95. The van der Waals surface area contributed by atoms with Crippen LogP contribution in [0.5, 0.6) is 5.75 Å². The second-order valence-corrected chi connectivity index (χ2v) is 8.45. The summed E-state index contributed by atoms with van der Waals surface area (Å²) in [4.78, 5) is 29.9. The summed E-state index contributed by atoms with van der Waals surface area (Å²) >= 11 is 0. The first-order valence-corrected chi connectivity index (χ1v) is 11.6. The van der Waals surface area contributed by atoms with Gasteiger partial charge < -0.3 is 25.0 Å². The summed E-state index contributed by atoms with van der Waals surface area (Å²) in [5.41, 5.74) is 4.15. The summed E-state index contributed by atoms with van der Waals surface area (Å²) in [7, 11) is 3.05. The highest BCUT2D eigenvalue weighted by Crippen LogP contribution is 2.30. The van der Waals surface area contributed by atoms with Crippen molar-refractivity contribution in [1.29, 1.82) is 0 Å². The maximum atomic E-state index is 12.8. The zero-order valence-corrected chi connectivity index (χ0v) is 20.0. The predicted octanol–water partition coefficient (Wildman–Crippen LogP) is 2.86. The second-order valence-electron chi connectivity index (χ2n) is 8.45. The molecule has 8 nitrogen and oxygen atoms in total. The lowest BCUT2D eigenvalue weighted by Crippen LogP contribution is -2.51. The molecule has 2 aliphatic heterocycles. The quantitative estimate of drug-likeness (QED) is 0.614. The fraction of sp³-hybridized carbons (Fsp3) is 0.385. The van der Waals surface area contributed by atoms with Crippen LogP contribution < -0.4 is 20.3 Å². The molecule has 2 aromatic rings. The van der Waals surface area contributed by atoms with Gasteiger partial charge in [0.1, 0.15) is 5.75 Å². The number of amides is 2. The van der Waals surface area contributed by atoms with Crippen LogP contribution in [-0.4, -0.2) is 63.8 Å². The van der Waals surface area contributed by atoms with Crippen LogP contribution in [0.25, 0.3) is 0 Å². The monoisotopic (exact) mass is 464 g/mol. The van der Waals surface area contributed by atoms with Gasteiger partial charge in [0.15, 0.2) is 0 Å². The van der Waals surface area contributed by atoms with Crippen molar-refractivity contribution in [2.45, 2.75) is 19.4 Å². The number of ether oxygens (including phenoxy) is 2. The summed E-state index contributed by atoms with van der Waals surface area (Å²) < 4.78 is 10.6. The summed E-state index contributed by atoms with van der Waals surface area (Å²) in [6.07, 6.45) is 0.921. The molecule has 2 aromatic carbocycles. The van der Waals surface area contributed by atoms with Crippen LogP contribution >= 0.6 is 0 Å². The average molecular weight is 465 g/mol. The van der Waals surface area contributed by atoms with E-state index in [0.29, 0.717) is 17.8 Å². The van der Waals surface area contributed by atoms with Crippen molar-refractivity contribution in [1.82, 2.24) is 15.5 Å². The molecule has 0 unspecified atom stereocenters. The van der Waals surface area contributed by atoms with E-state index in [1.165, 1.54) is 12.7 Å². The van der Waals surface area contributed by atoms with Gasteiger partial charge in [-0.25, -0.2) is 9.59 Å². The summed E-state index contributed by atoms with van der Waals surface area (Å²) in [6, 6.07) is 15.1. The minimum absolute atomic E-state index is 0.320.